The van der Waals surface area contributed by atoms with Crippen molar-refractivity contribution >= 4 is 27.5 Å². The molecule has 0 aromatic heterocycles. The van der Waals surface area contributed by atoms with E-state index < -0.39 is 28.5 Å². The first-order valence-electron chi connectivity index (χ1n) is 15.4. The van der Waals surface area contributed by atoms with E-state index >= 15 is 0 Å². The Bertz CT molecular complexity index is 1690. The van der Waals surface area contributed by atoms with Crippen molar-refractivity contribution in [3.8, 4) is 5.75 Å². The zero-order valence-corrected chi connectivity index (χ0v) is 28.0. The van der Waals surface area contributed by atoms with Crippen LogP contribution in [0.2, 0.25) is 0 Å². The summed E-state index contributed by atoms with van der Waals surface area (Å²) in [5.41, 5.74) is 3.98. The Balaban J connectivity index is 1.79. The molecule has 0 unspecified atom stereocenters. The number of anilines is 1. The van der Waals surface area contributed by atoms with Crippen LogP contribution in [0.1, 0.15) is 36.1 Å². The first kappa shape index (κ1) is 34.2. The summed E-state index contributed by atoms with van der Waals surface area (Å²) in [5.74, 6) is -0.0515. The van der Waals surface area contributed by atoms with Crippen LogP contribution in [-0.4, -0.2) is 51.4 Å². The number of benzene rings is 4. The number of ether oxygens (including phenoxy) is 1. The molecule has 4 rings (SSSR count). The molecular formula is C37H43N3O5S. The molecule has 0 aliphatic heterocycles. The van der Waals surface area contributed by atoms with Crippen molar-refractivity contribution in [3.05, 3.63) is 125 Å². The van der Waals surface area contributed by atoms with Gasteiger partial charge in [0.05, 0.1) is 17.7 Å². The fraction of sp³-hybridized carbons (Fsp3) is 0.297. The third kappa shape index (κ3) is 8.97. The minimum atomic E-state index is -4.18. The van der Waals surface area contributed by atoms with Crippen molar-refractivity contribution in [1.29, 1.82) is 0 Å². The van der Waals surface area contributed by atoms with Crippen molar-refractivity contribution in [2.45, 2.75) is 51.6 Å². The van der Waals surface area contributed by atoms with E-state index in [0.29, 0.717) is 18.0 Å². The quantitative estimate of drug-likeness (QED) is 0.185. The van der Waals surface area contributed by atoms with Crippen molar-refractivity contribution in [2.24, 2.45) is 5.92 Å². The van der Waals surface area contributed by atoms with Crippen LogP contribution in [0.3, 0.4) is 0 Å². The minimum Gasteiger partial charge on any atom is -0.497 e. The van der Waals surface area contributed by atoms with Crippen LogP contribution >= 0.6 is 0 Å². The molecule has 0 radical (unpaired) electrons. The molecule has 0 bridgehead atoms. The number of hydrogen-bond donors (Lipinski definition) is 1. The molecule has 0 aliphatic rings. The van der Waals surface area contributed by atoms with E-state index in [4.69, 9.17) is 4.74 Å². The van der Waals surface area contributed by atoms with Gasteiger partial charge in [0.2, 0.25) is 11.8 Å². The van der Waals surface area contributed by atoms with Gasteiger partial charge in [-0.15, -0.1) is 0 Å². The molecule has 1 N–H and O–H groups in total. The molecule has 2 amide bonds. The maximum Gasteiger partial charge on any atom is 0.264 e. The zero-order chi connectivity index (χ0) is 33.3. The average Bonchev–Trinajstić information content (AvgIpc) is 3.05. The number of nitrogens with one attached hydrogen (secondary N) is 1. The Morgan fingerprint density at radius 2 is 1.37 bits per heavy atom. The smallest absolute Gasteiger partial charge is 0.264 e. The number of aryl methyl sites for hydroxylation is 2. The summed E-state index contributed by atoms with van der Waals surface area (Å²) < 4.78 is 34.7. The fourth-order valence-corrected chi connectivity index (χ4v) is 6.40. The van der Waals surface area contributed by atoms with Crippen molar-refractivity contribution in [1.82, 2.24) is 10.2 Å². The van der Waals surface area contributed by atoms with Gasteiger partial charge in [-0.2, -0.15) is 0 Å². The minimum absolute atomic E-state index is 0.0577. The highest BCUT2D eigenvalue weighted by molar-refractivity contribution is 7.92. The molecule has 0 aliphatic carbocycles. The molecule has 0 fully saturated rings. The number of sulfonamides is 1. The SMILES string of the molecule is COc1ccc(N(CC(=O)N(Cc2ccc(C)cc2)[C@@H](Cc2ccccc2)C(=O)NCC(C)C)S(=O)(=O)c2ccc(C)cc2)cc1. The summed E-state index contributed by atoms with van der Waals surface area (Å²) in [7, 11) is -2.65. The lowest BCUT2D eigenvalue weighted by atomic mass is 10.0. The van der Waals surface area contributed by atoms with E-state index in [-0.39, 0.29) is 29.7 Å². The van der Waals surface area contributed by atoms with Crippen molar-refractivity contribution in [3.63, 3.8) is 0 Å². The van der Waals surface area contributed by atoms with Crippen LogP contribution in [0.25, 0.3) is 0 Å². The second-order valence-corrected chi connectivity index (χ2v) is 13.7. The summed E-state index contributed by atoms with van der Waals surface area (Å²) in [6.45, 7) is 7.91. The first-order valence-corrected chi connectivity index (χ1v) is 16.8. The van der Waals surface area contributed by atoms with Crippen LogP contribution in [0.4, 0.5) is 5.69 Å². The maximum atomic E-state index is 14.5. The van der Waals surface area contributed by atoms with Gasteiger partial charge in [-0.05, 0) is 67.3 Å². The molecule has 0 saturated carbocycles. The molecule has 4 aromatic carbocycles. The Labute approximate surface area is 273 Å². The van der Waals surface area contributed by atoms with Crippen LogP contribution in [0.5, 0.6) is 5.75 Å². The van der Waals surface area contributed by atoms with Crippen LogP contribution in [-0.2, 0) is 32.6 Å². The zero-order valence-electron chi connectivity index (χ0n) is 27.1. The lowest BCUT2D eigenvalue weighted by Gasteiger charge is -2.34. The molecule has 4 aromatic rings. The summed E-state index contributed by atoms with van der Waals surface area (Å²) >= 11 is 0. The number of hydrogen-bond acceptors (Lipinski definition) is 5. The van der Waals surface area contributed by atoms with Crippen LogP contribution < -0.4 is 14.4 Å². The fourth-order valence-electron chi connectivity index (χ4n) is 4.98. The topological polar surface area (TPSA) is 96.0 Å². The highest BCUT2D eigenvalue weighted by atomic mass is 32.2. The largest absolute Gasteiger partial charge is 0.497 e. The molecule has 0 heterocycles. The van der Waals surface area contributed by atoms with Gasteiger partial charge in [-0.25, -0.2) is 8.42 Å². The van der Waals surface area contributed by atoms with Crippen molar-refractivity contribution in [2.75, 3.05) is 24.5 Å². The van der Waals surface area contributed by atoms with Gasteiger partial charge in [-0.1, -0.05) is 91.7 Å². The van der Waals surface area contributed by atoms with Gasteiger partial charge in [0.25, 0.3) is 10.0 Å². The first-order chi connectivity index (χ1) is 22.0. The van der Waals surface area contributed by atoms with E-state index in [1.165, 1.54) is 24.1 Å². The lowest BCUT2D eigenvalue weighted by molar-refractivity contribution is -0.140. The molecule has 46 heavy (non-hydrogen) atoms. The molecule has 1 atom stereocenters. The van der Waals surface area contributed by atoms with E-state index in [2.05, 4.69) is 5.32 Å². The highest BCUT2D eigenvalue weighted by Gasteiger charge is 2.34. The number of amides is 2. The second-order valence-electron chi connectivity index (χ2n) is 11.9. The van der Waals surface area contributed by atoms with Crippen molar-refractivity contribution < 1.29 is 22.7 Å². The summed E-state index contributed by atoms with van der Waals surface area (Å²) in [6.07, 6.45) is 0.260. The van der Waals surface area contributed by atoms with Crippen LogP contribution in [0.15, 0.2) is 108 Å². The van der Waals surface area contributed by atoms with Gasteiger partial charge < -0.3 is 15.0 Å². The molecule has 0 saturated heterocycles. The van der Waals surface area contributed by atoms with E-state index in [1.807, 2.05) is 82.3 Å². The molecular weight excluding hydrogens is 598 g/mol. The Hall–Kier alpha value is -4.63. The molecule has 242 valence electrons. The Morgan fingerprint density at radius 1 is 0.783 bits per heavy atom. The summed E-state index contributed by atoms with van der Waals surface area (Å²) in [5, 5.41) is 3.01. The predicted molar refractivity (Wildman–Crippen MR) is 182 cm³/mol. The standard InChI is InChI=1S/C37H43N3O5S/c1-27(2)24-38-37(42)35(23-30-9-7-6-8-10-30)39(25-31-15-11-28(3)12-16-31)36(41)26-40(32-17-19-33(45-5)20-18-32)46(43,44)34-21-13-29(4)14-22-34/h6-22,27,35H,23-26H2,1-5H3,(H,38,42)/t35-/m0/s1. The van der Waals surface area contributed by atoms with Gasteiger partial charge in [0, 0.05) is 19.5 Å². The number of methoxy groups -OCH3 is 1. The number of carbonyl (C=O) groups is 2. The van der Waals surface area contributed by atoms with E-state index in [9.17, 15) is 18.0 Å². The normalized spacial score (nSPS) is 12.0. The molecule has 0 spiro atoms. The lowest BCUT2D eigenvalue weighted by Crippen LogP contribution is -2.53. The second kappa shape index (κ2) is 15.6. The summed E-state index contributed by atoms with van der Waals surface area (Å²) in [6, 6.07) is 29.4. The van der Waals surface area contributed by atoms with E-state index in [1.54, 1.807) is 36.4 Å². The Morgan fingerprint density at radius 3 is 1.93 bits per heavy atom. The molecule has 8 nitrogen and oxygen atoms in total. The van der Waals surface area contributed by atoms with E-state index in [0.717, 1.165) is 26.6 Å². The number of carbonyl (C=O) groups excluding carboxylic acids is 2. The van der Waals surface area contributed by atoms with Crippen LogP contribution in [0, 0.1) is 19.8 Å². The number of rotatable bonds is 14. The average molecular weight is 642 g/mol. The monoisotopic (exact) mass is 641 g/mol. The third-order valence-corrected chi connectivity index (χ3v) is 9.47. The Kier molecular flexibility index (Phi) is 11.6. The summed E-state index contributed by atoms with van der Waals surface area (Å²) in [4.78, 5) is 30.0. The van der Waals surface area contributed by atoms with Gasteiger partial charge >= 0.3 is 0 Å². The molecule has 9 heteroatoms. The van der Waals surface area contributed by atoms with Gasteiger partial charge in [0.15, 0.2) is 0 Å². The predicted octanol–water partition coefficient (Wildman–Crippen LogP) is 5.92. The van der Waals surface area contributed by atoms with Gasteiger partial charge in [-0.3, -0.25) is 13.9 Å². The highest BCUT2D eigenvalue weighted by Crippen LogP contribution is 2.27. The van der Waals surface area contributed by atoms with Gasteiger partial charge in [0.1, 0.15) is 18.3 Å². The number of nitrogens with zero attached hydrogens (tertiary/aromatic N) is 2. The maximum absolute atomic E-state index is 14.5. The third-order valence-electron chi connectivity index (χ3n) is 7.68.